The van der Waals surface area contributed by atoms with E-state index in [1.807, 2.05) is 0 Å². The summed E-state index contributed by atoms with van der Waals surface area (Å²) in [6, 6.07) is 0. The SMILES string of the molecule is CC(C)S(=O)(=O)c1nn(C)cc1Nc1nc(N)ncc1Br. The van der Waals surface area contributed by atoms with Gasteiger partial charge in [-0.3, -0.25) is 4.68 Å². The normalized spacial score (nSPS) is 11.9. The molecule has 0 saturated heterocycles. The molecule has 2 rings (SSSR count). The molecule has 0 aliphatic carbocycles. The van der Waals surface area contributed by atoms with Crippen molar-refractivity contribution in [1.82, 2.24) is 19.7 Å². The van der Waals surface area contributed by atoms with E-state index in [0.29, 0.717) is 16.0 Å². The third-order valence-corrected chi connectivity index (χ3v) is 5.36. The van der Waals surface area contributed by atoms with Crippen LogP contribution in [0.2, 0.25) is 0 Å². The molecule has 21 heavy (non-hydrogen) atoms. The highest BCUT2D eigenvalue weighted by Crippen LogP contribution is 2.29. The predicted octanol–water partition coefficient (Wildman–Crippen LogP) is 1.48. The highest BCUT2D eigenvalue weighted by molar-refractivity contribution is 9.10. The Hall–Kier alpha value is -1.68. The highest BCUT2D eigenvalue weighted by Gasteiger charge is 2.27. The number of nitrogen functional groups attached to an aromatic ring is 1. The monoisotopic (exact) mass is 374 g/mol. The Morgan fingerprint density at radius 2 is 2.10 bits per heavy atom. The molecule has 8 nitrogen and oxygen atoms in total. The van der Waals surface area contributed by atoms with Crippen molar-refractivity contribution in [1.29, 1.82) is 0 Å². The Balaban J connectivity index is 2.49. The van der Waals surface area contributed by atoms with Crippen LogP contribution in [0, 0.1) is 0 Å². The molecule has 0 radical (unpaired) electrons. The number of rotatable bonds is 4. The van der Waals surface area contributed by atoms with Crippen LogP contribution in [0.4, 0.5) is 17.5 Å². The van der Waals surface area contributed by atoms with Gasteiger partial charge in [0, 0.05) is 19.4 Å². The molecule has 0 bridgehead atoms. The van der Waals surface area contributed by atoms with E-state index in [1.165, 1.54) is 10.9 Å². The number of nitrogens with one attached hydrogen (secondary N) is 1. The molecule has 0 spiro atoms. The average Bonchev–Trinajstić information content (AvgIpc) is 2.75. The van der Waals surface area contributed by atoms with Gasteiger partial charge in [0.1, 0.15) is 5.82 Å². The number of nitrogens with two attached hydrogens (primary N) is 1. The van der Waals surface area contributed by atoms with Crippen LogP contribution in [0.25, 0.3) is 0 Å². The van der Waals surface area contributed by atoms with E-state index in [2.05, 4.69) is 36.3 Å². The van der Waals surface area contributed by atoms with Crippen molar-refractivity contribution in [3.63, 3.8) is 0 Å². The van der Waals surface area contributed by atoms with E-state index in [1.54, 1.807) is 27.1 Å². The van der Waals surface area contributed by atoms with Gasteiger partial charge < -0.3 is 11.1 Å². The third-order valence-electron chi connectivity index (χ3n) is 2.70. The number of aromatic nitrogens is 4. The van der Waals surface area contributed by atoms with Gasteiger partial charge in [0.25, 0.3) is 0 Å². The van der Waals surface area contributed by atoms with Crippen LogP contribution in [0.1, 0.15) is 13.8 Å². The zero-order valence-corrected chi connectivity index (χ0v) is 14.1. The number of aryl methyl sites for hydroxylation is 1. The molecule has 2 aromatic rings. The molecule has 0 fully saturated rings. The predicted molar refractivity (Wildman–Crippen MR) is 83.0 cm³/mol. The Kier molecular flexibility index (Phi) is 4.19. The average molecular weight is 375 g/mol. The van der Waals surface area contributed by atoms with Gasteiger partial charge in [-0.05, 0) is 29.8 Å². The number of anilines is 3. The maximum atomic E-state index is 12.3. The second-order valence-electron chi connectivity index (χ2n) is 4.67. The number of hydrogen-bond acceptors (Lipinski definition) is 7. The highest BCUT2D eigenvalue weighted by atomic mass is 79.9. The maximum Gasteiger partial charge on any atom is 0.222 e. The lowest BCUT2D eigenvalue weighted by Crippen LogP contribution is -2.16. The number of nitrogens with zero attached hydrogens (tertiary/aromatic N) is 4. The van der Waals surface area contributed by atoms with Crippen molar-refractivity contribution in [2.45, 2.75) is 24.1 Å². The van der Waals surface area contributed by atoms with Crippen molar-refractivity contribution < 1.29 is 8.42 Å². The number of halogens is 1. The fourth-order valence-corrected chi connectivity index (χ4v) is 2.97. The summed E-state index contributed by atoms with van der Waals surface area (Å²) in [7, 11) is -1.87. The van der Waals surface area contributed by atoms with E-state index < -0.39 is 15.1 Å². The van der Waals surface area contributed by atoms with Gasteiger partial charge in [-0.2, -0.15) is 10.1 Å². The van der Waals surface area contributed by atoms with E-state index in [9.17, 15) is 8.42 Å². The standard InChI is InChI=1S/C11H15BrN6O2S/c1-6(2)21(19,20)10-8(5-18(3)17-10)15-9-7(12)4-14-11(13)16-9/h4-6H,1-3H3,(H3,13,14,15,16). The molecule has 114 valence electrons. The number of hydrogen-bond donors (Lipinski definition) is 2. The summed E-state index contributed by atoms with van der Waals surface area (Å²) in [4.78, 5) is 7.85. The summed E-state index contributed by atoms with van der Waals surface area (Å²) in [6.45, 7) is 3.21. The minimum Gasteiger partial charge on any atom is -0.368 e. The van der Waals surface area contributed by atoms with Gasteiger partial charge in [-0.1, -0.05) is 0 Å². The van der Waals surface area contributed by atoms with Crippen LogP contribution in [0.5, 0.6) is 0 Å². The third kappa shape index (κ3) is 3.16. The Labute approximate surface area is 130 Å². The first-order valence-corrected chi connectivity index (χ1v) is 8.38. The minimum absolute atomic E-state index is 0.0240. The summed E-state index contributed by atoms with van der Waals surface area (Å²) in [5.41, 5.74) is 5.87. The second-order valence-corrected chi connectivity index (χ2v) is 7.94. The molecular weight excluding hydrogens is 360 g/mol. The summed E-state index contributed by atoms with van der Waals surface area (Å²) in [5, 5.41) is 6.35. The molecule has 2 aromatic heterocycles. The van der Waals surface area contributed by atoms with Crippen LogP contribution >= 0.6 is 15.9 Å². The molecule has 0 unspecified atom stereocenters. The zero-order valence-electron chi connectivity index (χ0n) is 11.7. The van der Waals surface area contributed by atoms with Crippen molar-refractivity contribution >= 4 is 43.2 Å². The van der Waals surface area contributed by atoms with Crippen molar-refractivity contribution in [2.75, 3.05) is 11.1 Å². The lowest BCUT2D eigenvalue weighted by Gasteiger charge is -2.09. The maximum absolute atomic E-state index is 12.3. The lowest BCUT2D eigenvalue weighted by atomic mass is 10.5. The summed E-state index contributed by atoms with van der Waals surface area (Å²) < 4.78 is 26.6. The molecular formula is C11H15BrN6O2S. The van der Waals surface area contributed by atoms with Crippen LogP contribution in [-0.4, -0.2) is 33.4 Å². The Morgan fingerprint density at radius 1 is 1.43 bits per heavy atom. The first-order valence-electron chi connectivity index (χ1n) is 6.04. The molecule has 0 aromatic carbocycles. The van der Waals surface area contributed by atoms with Gasteiger partial charge in [0.2, 0.25) is 20.8 Å². The molecule has 0 saturated carbocycles. The second kappa shape index (κ2) is 5.60. The Bertz CT molecular complexity index is 771. The lowest BCUT2D eigenvalue weighted by molar-refractivity contribution is 0.579. The van der Waals surface area contributed by atoms with Crippen molar-refractivity contribution in [3.05, 3.63) is 16.9 Å². The van der Waals surface area contributed by atoms with Crippen LogP contribution in [-0.2, 0) is 16.9 Å². The van der Waals surface area contributed by atoms with Gasteiger partial charge in [0.15, 0.2) is 0 Å². The molecule has 2 heterocycles. The van der Waals surface area contributed by atoms with Gasteiger partial charge in [-0.15, -0.1) is 0 Å². The molecule has 0 atom stereocenters. The molecule has 10 heteroatoms. The van der Waals surface area contributed by atoms with E-state index in [4.69, 9.17) is 5.73 Å². The molecule has 3 N–H and O–H groups in total. The zero-order chi connectivity index (χ0) is 15.8. The first-order chi connectivity index (χ1) is 9.71. The van der Waals surface area contributed by atoms with Crippen LogP contribution in [0.15, 0.2) is 21.9 Å². The summed E-state index contributed by atoms with van der Waals surface area (Å²) in [5.74, 6) is 0.452. The topological polar surface area (TPSA) is 116 Å². The van der Waals surface area contributed by atoms with Gasteiger partial charge >= 0.3 is 0 Å². The van der Waals surface area contributed by atoms with Gasteiger partial charge in [0.05, 0.1) is 15.4 Å². The quantitative estimate of drug-likeness (QED) is 0.832. The summed E-state index contributed by atoms with van der Waals surface area (Å²) in [6.07, 6.45) is 3.05. The Morgan fingerprint density at radius 3 is 2.71 bits per heavy atom. The van der Waals surface area contributed by atoms with Crippen LogP contribution < -0.4 is 11.1 Å². The minimum atomic E-state index is -3.51. The molecule has 0 amide bonds. The van der Waals surface area contributed by atoms with Crippen molar-refractivity contribution in [2.24, 2.45) is 7.05 Å². The fourth-order valence-electron chi connectivity index (χ4n) is 1.58. The first kappa shape index (κ1) is 15.7. The largest absolute Gasteiger partial charge is 0.368 e. The van der Waals surface area contributed by atoms with Crippen LogP contribution in [0.3, 0.4) is 0 Å². The fraction of sp³-hybridized carbons (Fsp3) is 0.364. The molecule has 0 aliphatic heterocycles. The smallest absolute Gasteiger partial charge is 0.222 e. The van der Waals surface area contributed by atoms with E-state index >= 15 is 0 Å². The van der Waals surface area contributed by atoms with E-state index in [0.717, 1.165) is 0 Å². The summed E-state index contributed by atoms with van der Waals surface area (Å²) >= 11 is 3.28. The van der Waals surface area contributed by atoms with E-state index in [-0.39, 0.29) is 11.0 Å². The molecule has 0 aliphatic rings. The number of sulfone groups is 1. The van der Waals surface area contributed by atoms with Crippen molar-refractivity contribution in [3.8, 4) is 0 Å². The van der Waals surface area contributed by atoms with Gasteiger partial charge in [-0.25, -0.2) is 13.4 Å².